The molecule has 0 aromatic carbocycles. The Balaban J connectivity index is 2.72. The van der Waals surface area contributed by atoms with Crippen LogP contribution in [0.3, 0.4) is 0 Å². The highest BCUT2D eigenvalue weighted by molar-refractivity contribution is 7.84. The van der Waals surface area contributed by atoms with Gasteiger partial charge in [0, 0.05) is 12.2 Å². The molecule has 92 valence electrons. The lowest BCUT2D eigenvalue weighted by atomic mass is 10.4. The second-order valence-electron chi connectivity index (χ2n) is 2.97. The molecule has 1 aromatic heterocycles. The van der Waals surface area contributed by atoms with Crippen molar-refractivity contribution in [3.8, 4) is 6.07 Å². The molecular weight excluding hydrogens is 257 g/mol. The molecule has 0 amide bonds. The molecule has 0 aliphatic rings. The zero-order chi connectivity index (χ0) is 13.0. The number of allylic oxidation sites excluding steroid dienone is 1. The maximum Gasteiger partial charge on any atom is 0.301 e. The second-order valence-corrected chi connectivity index (χ2v) is 4.42. The largest absolute Gasteiger partial charge is 0.418 e. The van der Waals surface area contributed by atoms with Crippen molar-refractivity contribution in [3.05, 3.63) is 23.4 Å². The van der Waals surface area contributed by atoms with Gasteiger partial charge in [0.2, 0.25) is 5.76 Å². The maximum atomic E-state index is 12.4. The van der Waals surface area contributed by atoms with E-state index in [0.29, 0.717) is 0 Å². The average Bonchev–Trinajstić information content (AvgIpc) is 2.66. The Labute approximate surface area is 97.2 Å². The highest BCUT2D eigenvalue weighted by Gasteiger charge is 2.16. The van der Waals surface area contributed by atoms with Crippen LogP contribution in [0.15, 0.2) is 21.5 Å². The summed E-state index contributed by atoms with van der Waals surface area (Å²) < 4.78 is 52.2. The molecule has 0 radical (unpaired) electrons. The van der Waals surface area contributed by atoms with E-state index in [1.807, 2.05) is 0 Å². The van der Waals surface area contributed by atoms with Gasteiger partial charge >= 0.3 is 6.08 Å². The van der Waals surface area contributed by atoms with Crippen LogP contribution in [0.5, 0.6) is 0 Å². The summed E-state index contributed by atoms with van der Waals surface area (Å²) >= 11 is 0. The van der Waals surface area contributed by atoms with E-state index in [1.54, 1.807) is 6.07 Å². The Hall–Kier alpha value is -1.62. The van der Waals surface area contributed by atoms with E-state index >= 15 is 0 Å². The first-order valence-corrected chi connectivity index (χ1v) is 5.73. The minimum absolute atomic E-state index is 0.0963. The van der Waals surface area contributed by atoms with Crippen LogP contribution < -0.4 is 0 Å². The quantitative estimate of drug-likeness (QED) is 0.837. The molecule has 1 aromatic rings. The zero-order valence-electron chi connectivity index (χ0n) is 8.67. The van der Waals surface area contributed by atoms with Crippen molar-refractivity contribution in [2.75, 3.05) is 5.75 Å². The summed E-state index contributed by atoms with van der Waals surface area (Å²) in [5, 5.41) is 8.30. The van der Waals surface area contributed by atoms with E-state index < -0.39 is 29.1 Å². The van der Waals surface area contributed by atoms with Crippen LogP contribution in [0.2, 0.25) is 0 Å². The van der Waals surface area contributed by atoms with Crippen molar-refractivity contribution in [2.45, 2.75) is 18.6 Å². The summed E-state index contributed by atoms with van der Waals surface area (Å²) in [6.07, 6.45) is -3.10. The molecule has 0 bridgehead atoms. The number of nitriles is 1. The van der Waals surface area contributed by atoms with Gasteiger partial charge in [-0.2, -0.15) is 14.0 Å². The van der Waals surface area contributed by atoms with Crippen LogP contribution in [0.25, 0.3) is 0 Å². The van der Waals surface area contributed by atoms with E-state index in [0.717, 1.165) is 0 Å². The van der Waals surface area contributed by atoms with Crippen LogP contribution in [0, 0.1) is 18.3 Å². The van der Waals surface area contributed by atoms with Gasteiger partial charge in [-0.3, -0.25) is 0 Å². The molecule has 4 nitrogen and oxygen atoms in total. The summed E-state index contributed by atoms with van der Waals surface area (Å²) in [6.45, 7) is 1.48. The Morgan fingerprint density at radius 2 is 2.18 bits per heavy atom. The van der Waals surface area contributed by atoms with Crippen molar-refractivity contribution in [3.63, 3.8) is 0 Å². The molecule has 1 atom stereocenters. The molecule has 0 N–H and O–H groups in total. The number of rotatable bonds is 4. The number of aryl methyl sites for hydroxylation is 1. The lowest BCUT2D eigenvalue weighted by Gasteiger charge is -1.95. The molecule has 17 heavy (non-hydrogen) atoms. The van der Waals surface area contributed by atoms with Crippen molar-refractivity contribution >= 4 is 10.8 Å². The van der Waals surface area contributed by atoms with Gasteiger partial charge in [-0.1, -0.05) is 0 Å². The SMILES string of the molecule is Cc1nc(S(=O)CCC(F)=C(F)F)oc1C#N. The third-order valence-corrected chi connectivity index (χ3v) is 2.92. The summed E-state index contributed by atoms with van der Waals surface area (Å²) in [7, 11) is -1.85. The average molecular weight is 264 g/mol. The molecule has 0 fully saturated rings. The standard InChI is InChI=1S/C9H7F3N2O2S/c1-5-7(4-13)16-9(14-5)17(15)3-2-6(10)8(11)12/h2-3H2,1H3. The van der Waals surface area contributed by atoms with Gasteiger partial charge in [-0.05, 0) is 6.92 Å². The highest BCUT2D eigenvalue weighted by atomic mass is 32.2. The van der Waals surface area contributed by atoms with E-state index in [1.165, 1.54) is 6.92 Å². The molecule has 1 unspecified atom stereocenters. The topological polar surface area (TPSA) is 66.9 Å². The molecule has 1 rings (SSSR count). The predicted molar refractivity (Wildman–Crippen MR) is 52.2 cm³/mol. The zero-order valence-corrected chi connectivity index (χ0v) is 9.48. The van der Waals surface area contributed by atoms with Crippen molar-refractivity contribution in [1.29, 1.82) is 5.26 Å². The van der Waals surface area contributed by atoms with Crippen LogP contribution in [-0.2, 0) is 10.8 Å². The number of oxazole rings is 1. The second kappa shape index (κ2) is 5.63. The van der Waals surface area contributed by atoms with E-state index in [4.69, 9.17) is 9.68 Å². The number of hydrogen-bond donors (Lipinski definition) is 0. The summed E-state index contributed by atoms with van der Waals surface area (Å²) in [5.74, 6) is -2.09. The lowest BCUT2D eigenvalue weighted by Crippen LogP contribution is -1.99. The van der Waals surface area contributed by atoms with E-state index in [2.05, 4.69) is 4.98 Å². The van der Waals surface area contributed by atoms with Crippen LogP contribution in [-0.4, -0.2) is 14.9 Å². The highest BCUT2D eigenvalue weighted by Crippen LogP contribution is 2.17. The summed E-state index contributed by atoms with van der Waals surface area (Å²) in [6, 6.07) is 1.69. The van der Waals surface area contributed by atoms with E-state index in [-0.39, 0.29) is 22.4 Å². The van der Waals surface area contributed by atoms with Gasteiger partial charge in [0.15, 0.2) is 5.83 Å². The Morgan fingerprint density at radius 1 is 1.53 bits per heavy atom. The fraction of sp³-hybridized carbons (Fsp3) is 0.333. The van der Waals surface area contributed by atoms with E-state index in [9.17, 15) is 17.4 Å². The number of aromatic nitrogens is 1. The molecule has 0 saturated carbocycles. The smallest absolute Gasteiger partial charge is 0.301 e. The molecule has 1 heterocycles. The fourth-order valence-electron chi connectivity index (χ4n) is 0.937. The minimum atomic E-state index is -2.43. The van der Waals surface area contributed by atoms with Gasteiger partial charge in [-0.25, -0.2) is 13.6 Å². The number of nitrogens with zero attached hydrogens (tertiary/aromatic N) is 2. The monoisotopic (exact) mass is 264 g/mol. The van der Waals surface area contributed by atoms with Gasteiger partial charge in [0.1, 0.15) is 16.9 Å². The molecule has 0 saturated heterocycles. The first kappa shape index (κ1) is 13.4. The molecular formula is C9H7F3N2O2S. The van der Waals surface area contributed by atoms with Gasteiger partial charge in [-0.15, -0.1) is 0 Å². The normalized spacial score (nSPS) is 11.9. The molecule has 0 aliphatic heterocycles. The number of halogens is 3. The molecule has 8 heteroatoms. The molecule has 0 aliphatic carbocycles. The minimum Gasteiger partial charge on any atom is -0.418 e. The van der Waals surface area contributed by atoms with Gasteiger partial charge < -0.3 is 4.42 Å². The van der Waals surface area contributed by atoms with Crippen molar-refractivity contribution in [1.82, 2.24) is 4.98 Å². The lowest BCUT2D eigenvalue weighted by molar-refractivity contribution is 0.373. The van der Waals surface area contributed by atoms with Crippen LogP contribution in [0.1, 0.15) is 17.9 Å². The molecule has 0 spiro atoms. The summed E-state index contributed by atoms with van der Waals surface area (Å²) in [4.78, 5) is 3.69. The predicted octanol–water partition coefficient (Wildman–Crippen LogP) is 2.43. The Bertz CT molecular complexity index is 515. The van der Waals surface area contributed by atoms with Crippen LogP contribution in [0.4, 0.5) is 13.2 Å². The fourth-order valence-corrected chi connectivity index (χ4v) is 1.89. The Kier molecular flexibility index (Phi) is 4.45. The Morgan fingerprint density at radius 3 is 2.65 bits per heavy atom. The third-order valence-electron chi connectivity index (χ3n) is 1.79. The van der Waals surface area contributed by atoms with Gasteiger partial charge in [0.05, 0.1) is 5.69 Å². The maximum absolute atomic E-state index is 12.4. The van der Waals surface area contributed by atoms with Crippen molar-refractivity contribution in [2.24, 2.45) is 0 Å². The van der Waals surface area contributed by atoms with Gasteiger partial charge in [0.25, 0.3) is 5.22 Å². The van der Waals surface area contributed by atoms with Crippen LogP contribution >= 0.6 is 0 Å². The third kappa shape index (κ3) is 3.42. The first-order chi connectivity index (χ1) is 7.95. The number of hydrogen-bond acceptors (Lipinski definition) is 4. The first-order valence-electron chi connectivity index (χ1n) is 4.41. The van der Waals surface area contributed by atoms with Crippen molar-refractivity contribution < 1.29 is 21.8 Å². The summed E-state index contributed by atoms with van der Waals surface area (Å²) in [5.41, 5.74) is 0.253.